The molecule has 1 aliphatic carbocycles. The van der Waals surface area contributed by atoms with Gasteiger partial charge in [0.1, 0.15) is 0 Å². The molecule has 0 aromatic rings. The van der Waals surface area contributed by atoms with Gasteiger partial charge in [0.25, 0.3) is 0 Å². The molecule has 134 valence electrons. The van der Waals surface area contributed by atoms with E-state index in [0.29, 0.717) is 12.1 Å². The van der Waals surface area contributed by atoms with Gasteiger partial charge in [-0.05, 0) is 12.8 Å². The van der Waals surface area contributed by atoms with E-state index in [1.807, 2.05) is 41.5 Å². The molecule has 0 aromatic carbocycles. The van der Waals surface area contributed by atoms with E-state index in [-0.39, 0.29) is 11.6 Å². The van der Waals surface area contributed by atoms with Crippen LogP contribution >= 0.6 is 0 Å². The van der Waals surface area contributed by atoms with E-state index in [1.54, 1.807) is 12.2 Å². The van der Waals surface area contributed by atoms with Crippen molar-refractivity contribution in [2.45, 2.75) is 79.3 Å². The molecule has 2 fully saturated rings. The molecule has 2 N–H and O–H groups in total. The molecule has 1 saturated carbocycles. The van der Waals surface area contributed by atoms with Crippen molar-refractivity contribution in [1.29, 1.82) is 0 Å². The minimum Gasteiger partial charge on any atom is -0.378 e. The van der Waals surface area contributed by atoms with Crippen LogP contribution in [-0.2, 0) is 9.59 Å². The minimum absolute atomic E-state index is 0.0650. The topological polar surface area (TPSA) is 58.2 Å². The number of hydrogen-bond acceptors (Lipinski definition) is 4. The monoisotopic (exact) mass is 332 g/mol. The van der Waals surface area contributed by atoms with Gasteiger partial charge < -0.3 is 10.6 Å². The van der Waals surface area contributed by atoms with Crippen LogP contribution in [0.15, 0.2) is 23.5 Å². The van der Waals surface area contributed by atoms with E-state index in [1.165, 1.54) is 12.8 Å². The van der Waals surface area contributed by atoms with Gasteiger partial charge in [0.05, 0.1) is 11.4 Å². The molecule has 2 atom stereocenters. The SMILES string of the molecule is CC(C)(C)C(=O)/C=C1\N[C@@H]2CCCC[C@H]2N\C1=C/C(=O)C(C)(C)C. The van der Waals surface area contributed by atoms with Crippen LogP contribution in [0.1, 0.15) is 67.2 Å². The predicted octanol–water partition coefficient (Wildman–Crippen LogP) is 3.49. The Hall–Kier alpha value is -1.58. The first kappa shape index (κ1) is 18.8. The Morgan fingerprint density at radius 1 is 0.792 bits per heavy atom. The Morgan fingerprint density at radius 2 is 1.12 bits per heavy atom. The molecule has 2 aliphatic rings. The van der Waals surface area contributed by atoms with Crippen LogP contribution < -0.4 is 10.6 Å². The maximum atomic E-state index is 12.5. The zero-order valence-corrected chi connectivity index (χ0v) is 16.0. The molecule has 1 aliphatic heterocycles. The number of ketones is 2. The number of hydrogen-bond donors (Lipinski definition) is 2. The van der Waals surface area contributed by atoms with E-state index in [2.05, 4.69) is 10.6 Å². The fourth-order valence-electron chi connectivity index (χ4n) is 2.97. The smallest absolute Gasteiger partial charge is 0.163 e. The van der Waals surface area contributed by atoms with Gasteiger partial charge in [-0.25, -0.2) is 0 Å². The first-order chi connectivity index (χ1) is 11.0. The van der Waals surface area contributed by atoms with Crippen LogP contribution in [0.3, 0.4) is 0 Å². The van der Waals surface area contributed by atoms with Crippen molar-refractivity contribution in [3.05, 3.63) is 23.5 Å². The third-order valence-corrected chi connectivity index (χ3v) is 4.77. The number of nitrogens with one attached hydrogen (secondary N) is 2. The minimum atomic E-state index is -0.433. The summed E-state index contributed by atoms with van der Waals surface area (Å²) in [5.74, 6) is 0.130. The van der Waals surface area contributed by atoms with Crippen molar-refractivity contribution >= 4 is 11.6 Å². The number of carbonyl (C=O) groups is 2. The van der Waals surface area contributed by atoms with Crippen LogP contribution in [0, 0.1) is 10.8 Å². The standard InChI is InChI=1S/C20H32N2O2/c1-19(2,3)17(23)11-15-16(12-18(24)20(4,5)6)22-14-10-8-7-9-13(14)21-15/h11-14,21-22H,7-10H2,1-6H3/b15-11-,16-12-/t13-,14-/m1/s1. The lowest BCUT2D eigenvalue weighted by Crippen LogP contribution is -2.55. The maximum Gasteiger partial charge on any atom is 0.163 e. The summed E-state index contributed by atoms with van der Waals surface area (Å²) in [5.41, 5.74) is 0.653. The van der Waals surface area contributed by atoms with Crippen LogP contribution in [-0.4, -0.2) is 23.7 Å². The molecule has 4 heteroatoms. The highest BCUT2D eigenvalue weighted by molar-refractivity contribution is 5.97. The van der Waals surface area contributed by atoms with E-state index in [0.717, 1.165) is 24.2 Å². The van der Waals surface area contributed by atoms with E-state index < -0.39 is 10.8 Å². The summed E-state index contributed by atoms with van der Waals surface area (Å²) in [6.45, 7) is 11.5. The molecular formula is C20H32N2O2. The predicted molar refractivity (Wildman–Crippen MR) is 97.4 cm³/mol. The molecule has 0 radical (unpaired) electrons. The quantitative estimate of drug-likeness (QED) is 0.760. The lowest BCUT2D eigenvalue weighted by Gasteiger charge is -2.41. The van der Waals surface area contributed by atoms with Gasteiger partial charge in [-0.3, -0.25) is 9.59 Å². The average molecular weight is 332 g/mol. The molecule has 2 rings (SSSR count). The van der Waals surface area contributed by atoms with Gasteiger partial charge >= 0.3 is 0 Å². The maximum absolute atomic E-state index is 12.5. The van der Waals surface area contributed by atoms with Crippen molar-refractivity contribution in [3.63, 3.8) is 0 Å². The van der Waals surface area contributed by atoms with Gasteiger partial charge in [0.2, 0.25) is 0 Å². The third kappa shape index (κ3) is 4.49. The molecule has 0 spiro atoms. The molecule has 0 unspecified atom stereocenters. The fraction of sp³-hybridized carbons (Fsp3) is 0.700. The van der Waals surface area contributed by atoms with Crippen molar-refractivity contribution in [2.75, 3.05) is 0 Å². The molecule has 1 heterocycles. The summed E-state index contributed by atoms with van der Waals surface area (Å²) in [6.07, 6.45) is 7.93. The third-order valence-electron chi connectivity index (χ3n) is 4.77. The van der Waals surface area contributed by atoms with E-state index >= 15 is 0 Å². The Bertz CT molecular complexity index is 521. The molecule has 24 heavy (non-hydrogen) atoms. The molecule has 0 aromatic heterocycles. The van der Waals surface area contributed by atoms with Crippen LogP contribution in [0.4, 0.5) is 0 Å². The second-order valence-electron chi connectivity index (χ2n) is 9.13. The normalized spacial score (nSPS) is 28.1. The van der Waals surface area contributed by atoms with Gasteiger partial charge in [0.15, 0.2) is 11.6 Å². The van der Waals surface area contributed by atoms with Crippen molar-refractivity contribution < 1.29 is 9.59 Å². The summed E-state index contributed by atoms with van der Waals surface area (Å²) in [5, 5.41) is 7.05. The van der Waals surface area contributed by atoms with Gasteiger partial charge in [-0.15, -0.1) is 0 Å². The average Bonchev–Trinajstić information content (AvgIpc) is 2.45. The Kier molecular flexibility index (Phi) is 5.26. The van der Waals surface area contributed by atoms with E-state index in [9.17, 15) is 9.59 Å². The molecular weight excluding hydrogens is 300 g/mol. The number of rotatable bonds is 2. The fourth-order valence-corrected chi connectivity index (χ4v) is 2.97. The second kappa shape index (κ2) is 6.73. The first-order valence-electron chi connectivity index (χ1n) is 9.04. The van der Waals surface area contributed by atoms with Crippen molar-refractivity contribution in [3.8, 4) is 0 Å². The summed E-state index contributed by atoms with van der Waals surface area (Å²) in [6, 6.07) is 0.666. The highest BCUT2D eigenvalue weighted by atomic mass is 16.1. The summed E-state index contributed by atoms with van der Waals surface area (Å²) < 4.78 is 0. The second-order valence-corrected chi connectivity index (χ2v) is 9.13. The Morgan fingerprint density at radius 3 is 1.42 bits per heavy atom. The lowest BCUT2D eigenvalue weighted by atomic mass is 9.85. The number of carbonyl (C=O) groups excluding carboxylic acids is 2. The van der Waals surface area contributed by atoms with Crippen LogP contribution in [0.2, 0.25) is 0 Å². The molecule has 0 amide bonds. The lowest BCUT2D eigenvalue weighted by molar-refractivity contribution is -0.122. The largest absolute Gasteiger partial charge is 0.378 e. The Labute approximate surface area is 146 Å². The molecule has 1 saturated heterocycles. The highest BCUT2D eigenvalue weighted by Gasteiger charge is 2.33. The summed E-state index contributed by atoms with van der Waals surface area (Å²) >= 11 is 0. The summed E-state index contributed by atoms with van der Waals surface area (Å²) in [7, 11) is 0. The zero-order valence-electron chi connectivity index (χ0n) is 16.0. The first-order valence-corrected chi connectivity index (χ1v) is 9.04. The number of fused-ring (bicyclic) bond motifs is 1. The zero-order chi connectivity index (χ0) is 18.1. The van der Waals surface area contributed by atoms with Gasteiger partial charge in [-0.2, -0.15) is 0 Å². The summed E-state index contributed by atoms with van der Waals surface area (Å²) in [4.78, 5) is 24.9. The number of piperazine rings is 1. The molecule has 0 bridgehead atoms. The van der Waals surface area contributed by atoms with Crippen molar-refractivity contribution in [1.82, 2.24) is 10.6 Å². The molecule has 4 nitrogen and oxygen atoms in total. The Balaban J connectivity index is 2.35. The number of allylic oxidation sites excluding steroid dienone is 2. The van der Waals surface area contributed by atoms with Crippen molar-refractivity contribution in [2.24, 2.45) is 10.8 Å². The van der Waals surface area contributed by atoms with E-state index in [4.69, 9.17) is 0 Å². The highest BCUT2D eigenvalue weighted by Crippen LogP contribution is 2.28. The van der Waals surface area contributed by atoms with Crippen LogP contribution in [0.5, 0.6) is 0 Å². The van der Waals surface area contributed by atoms with Gasteiger partial charge in [0, 0.05) is 35.1 Å². The van der Waals surface area contributed by atoms with Gasteiger partial charge in [-0.1, -0.05) is 54.4 Å². The van der Waals surface area contributed by atoms with Crippen LogP contribution in [0.25, 0.3) is 0 Å².